The quantitative estimate of drug-likeness (QED) is 0.436. The van der Waals surface area contributed by atoms with Crippen LogP contribution in [0.1, 0.15) is 0 Å². The van der Waals surface area contributed by atoms with Crippen LogP contribution in [0.4, 0.5) is 0 Å². The molecule has 66 valence electrons. The molecule has 4 N–H and O–H groups in total. The molecule has 6 heteroatoms. The minimum absolute atomic E-state index is 0.313. The molecule has 0 atom stereocenters. The first-order chi connectivity index (χ1) is 5.56. The Kier molecular flexibility index (Phi) is 4.32. The first kappa shape index (κ1) is 10.3. The van der Waals surface area contributed by atoms with Crippen molar-refractivity contribution >= 4 is 17.8 Å². The van der Waals surface area contributed by atoms with Crippen molar-refractivity contribution in [1.29, 1.82) is 0 Å². The molecule has 0 heterocycles. The topological polar surface area (TPSA) is 109 Å². The Balaban J connectivity index is 3.90. The fraction of sp³-hybridized carbons (Fsp3) is 0.167. The highest BCUT2D eigenvalue weighted by molar-refractivity contribution is 6.03. The Morgan fingerprint density at radius 3 is 2.33 bits per heavy atom. The van der Waals surface area contributed by atoms with E-state index < -0.39 is 17.8 Å². The van der Waals surface area contributed by atoms with E-state index in [1.165, 1.54) is 0 Å². The molecule has 0 saturated carbocycles. The molecule has 0 aliphatic carbocycles. The van der Waals surface area contributed by atoms with Crippen LogP contribution in [0, 0.1) is 0 Å². The number of amides is 2. The number of aliphatic carboxylic acids is 1. The van der Waals surface area contributed by atoms with Crippen molar-refractivity contribution in [3.8, 4) is 0 Å². The van der Waals surface area contributed by atoms with E-state index in [0.29, 0.717) is 6.08 Å². The summed E-state index contributed by atoms with van der Waals surface area (Å²) in [7, 11) is 0. The van der Waals surface area contributed by atoms with E-state index in [9.17, 15) is 14.4 Å². The van der Waals surface area contributed by atoms with E-state index in [0.717, 1.165) is 6.08 Å². The van der Waals surface area contributed by atoms with Gasteiger partial charge in [0.05, 0.1) is 6.54 Å². The summed E-state index contributed by atoms with van der Waals surface area (Å²) < 4.78 is 0. The Labute approximate surface area is 68.0 Å². The van der Waals surface area contributed by atoms with Crippen molar-refractivity contribution in [3.63, 3.8) is 0 Å². The first-order valence-corrected chi connectivity index (χ1v) is 3.01. The highest BCUT2D eigenvalue weighted by Gasteiger charge is 2.01. The molecule has 0 spiro atoms. The van der Waals surface area contributed by atoms with E-state index in [2.05, 4.69) is 0 Å². The van der Waals surface area contributed by atoms with Gasteiger partial charge in [-0.25, -0.2) is 4.79 Å². The van der Waals surface area contributed by atoms with Crippen molar-refractivity contribution < 1.29 is 19.5 Å². The van der Waals surface area contributed by atoms with Crippen LogP contribution in [0.15, 0.2) is 12.2 Å². The van der Waals surface area contributed by atoms with E-state index >= 15 is 0 Å². The van der Waals surface area contributed by atoms with Gasteiger partial charge in [-0.3, -0.25) is 14.9 Å². The zero-order chi connectivity index (χ0) is 9.56. The van der Waals surface area contributed by atoms with Gasteiger partial charge in [0.15, 0.2) is 0 Å². The van der Waals surface area contributed by atoms with Crippen molar-refractivity contribution in [2.75, 3.05) is 6.54 Å². The second-order valence-electron chi connectivity index (χ2n) is 1.79. The highest BCUT2D eigenvalue weighted by Crippen LogP contribution is 1.73. The lowest BCUT2D eigenvalue weighted by Gasteiger charge is -1.94. The second-order valence-corrected chi connectivity index (χ2v) is 1.79. The number of imide groups is 1. The lowest BCUT2D eigenvalue weighted by atomic mass is 10.4. The molecule has 0 unspecified atom stereocenters. The summed E-state index contributed by atoms with van der Waals surface area (Å²) in [6.07, 6.45) is 1.36. The van der Waals surface area contributed by atoms with Crippen molar-refractivity contribution in [1.82, 2.24) is 5.32 Å². The number of hydrogen-bond donors (Lipinski definition) is 3. The number of nitrogens with two attached hydrogens (primary N) is 1. The molecule has 0 bridgehead atoms. The van der Waals surface area contributed by atoms with Crippen molar-refractivity contribution in [2.45, 2.75) is 0 Å². The molecule has 6 nitrogen and oxygen atoms in total. The maximum atomic E-state index is 10.6. The molecule has 0 fully saturated rings. The van der Waals surface area contributed by atoms with Crippen LogP contribution in [0.2, 0.25) is 0 Å². The van der Waals surface area contributed by atoms with Gasteiger partial charge in [-0.05, 0) is 0 Å². The molecular formula is C6H8N2O4. The van der Waals surface area contributed by atoms with Crippen LogP contribution in [-0.4, -0.2) is 29.4 Å². The van der Waals surface area contributed by atoms with Gasteiger partial charge in [0.2, 0.25) is 5.91 Å². The molecule has 0 aromatic rings. The summed E-state index contributed by atoms with van der Waals surface area (Å²) >= 11 is 0. The predicted molar refractivity (Wildman–Crippen MR) is 39.0 cm³/mol. The highest BCUT2D eigenvalue weighted by atomic mass is 16.4. The average molecular weight is 172 g/mol. The fourth-order valence-corrected chi connectivity index (χ4v) is 0.377. The fourth-order valence-electron chi connectivity index (χ4n) is 0.377. The Hall–Kier alpha value is -1.69. The lowest BCUT2D eigenvalue weighted by molar-refractivity contribution is -0.132. The van der Waals surface area contributed by atoms with Gasteiger partial charge in [0, 0.05) is 12.2 Å². The molecule has 0 aliphatic heterocycles. The number of hydrogen-bond acceptors (Lipinski definition) is 4. The number of carboxylic acid groups (broad SMARTS) is 1. The zero-order valence-corrected chi connectivity index (χ0v) is 6.11. The number of rotatable bonds is 3. The maximum absolute atomic E-state index is 10.6. The maximum Gasteiger partial charge on any atom is 0.328 e. The van der Waals surface area contributed by atoms with Crippen LogP contribution in [-0.2, 0) is 14.4 Å². The van der Waals surface area contributed by atoms with E-state index in [1.807, 2.05) is 5.32 Å². The van der Waals surface area contributed by atoms with Gasteiger partial charge in [0.25, 0.3) is 5.91 Å². The molecule has 0 aliphatic rings. The van der Waals surface area contributed by atoms with Gasteiger partial charge in [-0.2, -0.15) is 0 Å². The van der Waals surface area contributed by atoms with Gasteiger partial charge in [-0.15, -0.1) is 0 Å². The van der Waals surface area contributed by atoms with Crippen LogP contribution in [0.5, 0.6) is 0 Å². The molecule has 2 amide bonds. The summed E-state index contributed by atoms with van der Waals surface area (Å²) in [4.78, 5) is 30.9. The van der Waals surface area contributed by atoms with Gasteiger partial charge >= 0.3 is 5.97 Å². The first-order valence-electron chi connectivity index (χ1n) is 3.01. The van der Waals surface area contributed by atoms with Gasteiger partial charge in [0.1, 0.15) is 0 Å². The molecule has 0 aromatic carbocycles. The molecule has 0 aromatic heterocycles. The van der Waals surface area contributed by atoms with Crippen LogP contribution < -0.4 is 11.1 Å². The number of carbonyl (C=O) groups is 3. The number of carboxylic acids is 1. The number of carbonyl (C=O) groups excluding carboxylic acids is 2. The summed E-state index contributed by atoms with van der Waals surface area (Å²) in [5.74, 6) is -2.71. The van der Waals surface area contributed by atoms with Crippen molar-refractivity contribution in [2.24, 2.45) is 5.73 Å². The van der Waals surface area contributed by atoms with Crippen LogP contribution >= 0.6 is 0 Å². The lowest BCUT2D eigenvalue weighted by Crippen LogP contribution is -2.34. The SMILES string of the molecule is NCC(=O)NC(=O)C=CC(=O)O. The van der Waals surface area contributed by atoms with E-state index in [-0.39, 0.29) is 6.54 Å². The van der Waals surface area contributed by atoms with E-state index in [4.69, 9.17) is 10.8 Å². The van der Waals surface area contributed by atoms with Gasteiger partial charge < -0.3 is 10.8 Å². The largest absolute Gasteiger partial charge is 0.478 e. The normalized spacial score (nSPS) is 9.75. The second kappa shape index (κ2) is 5.03. The zero-order valence-electron chi connectivity index (χ0n) is 6.11. The van der Waals surface area contributed by atoms with Crippen molar-refractivity contribution in [3.05, 3.63) is 12.2 Å². The summed E-state index contributed by atoms with van der Waals surface area (Å²) in [6, 6.07) is 0. The van der Waals surface area contributed by atoms with Crippen LogP contribution in [0.25, 0.3) is 0 Å². The summed E-state index contributed by atoms with van der Waals surface area (Å²) in [6.45, 7) is -0.313. The summed E-state index contributed by atoms with van der Waals surface area (Å²) in [5, 5.41) is 9.91. The smallest absolute Gasteiger partial charge is 0.328 e. The van der Waals surface area contributed by atoms with Gasteiger partial charge in [-0.1, -0.05) is 0 Å². The molecule has 0 saturated heterocycles. The minimum Gasteiger partial charge on any atom is -0.478 e. The number of nitrogens with one attached hydrogen (secondary N) is 1. The molecule has 0 radical (unpaired) electrons. The van der Waals surface area contributed by atoms with E-state index in [1.54, 1.807) is 0 Å². The Morgan fingerprint density at radius 2 is 1.92 bits per heavy atom. The third-order valence-electron chi connectivity index (χ3n) is 0.825. The minimum atomic E-state index is -1.26. The molecule has 0 rings (SSSR count). The monoisotopic (exact) mass is 172 g/mol. The Morgan fingerprint density at radius 1 is 1.33 bits per heavy atom. The molecular weight excluding hydrogens is 164 g/mol. The predicted octanol–water partition coefficient (Wildman–Crippen LogP) is -1.77. The van der Waals surface area contributed by atoms with Crippen LogP contribution in [0.3, 0.4) is 0 Å². The summed E-state index contributed by atoms with van der Waals surface area (Å²) in [5.41, 5.74) is 4.87. The Bertz CT molecular complexity index is 234. The molecule has 12 heavy (non-hydrogen) atoms. The average Bonchev–Trinajstić information content (AvgIpc) is 2.00. The standard InChI is InChI=1S/C6H8N2O4/c7-3-5(10)8-4(9)1-2-6(11)12/h1-2H,3,7H2,(H,11,12)(H,8,9,10). The third-order valence-corrected chi connectivity index (χ3v) is 0.825. The third kappa shape index (κ3) is 5.12.